The second kappa shape index (κ2) is 5.17. The molecule has 3 heterocycles. The van der Waals surface area contributed by atoms with Crippen LogP contribution in [0.5, 0.6) is 0 Å². The molecule has 4 N–H and O–H groups in total. The van der Waals surface area contributed by atoms with Crippen LogP contribution in [0.1, 0.15) is 25.5 Å². The van der Waals surface area contributed by atoms with Gasteiger partial charge in [-0.2, -0.15) is 0 Å². The van der Waals surface area contributed by atoms with Crippen molar-refractivity contribution >= 4 is 35.5 Å². The number of hydrogen-bond acceptors (Lipinski definition) is 7. The zero-order valence-electron chi connectivity index (χ0n) is 12.1. The van der Waals surface area contributed by atoms with Crippen LogP contribution in [0.25, 0.3) is 11.2 Å². The highest BCUT2D eigenvalue weighted by Crippen LogP contribution is 2.54. The van der Waals surface area contributed by atoms with E-state index in [2.05, 4.69) is 26.8 Å². The number of ether oxygens (including phenoxy) is 1. The minimum atomic E-state index is -3.68. The molecule has 2 aromatic rings. The second-order valence-corrected chi connectivity index (χ2v) is 8.71. The van der Waals surface area contributed by atoms with Crippen LogP contribution in [-0.4, -0.2) is 41.5 Å². The molecular formula is C12H16N5O4PS. The number of imidazole rings is 1. The Morgan fingerprint density at radius 1 is 1.48 bits per heavy atom. The molecule has 1 aliphatic carbocycles. The number of nitrogens with two attached hydrogens (primary N) is 1. The lowest BCUT2D eigenvalue weighted by Crippen LogP contribution is -2.34. The van der Waals surface area contributed by atoms with Crippen molar-refractivity contribution in [3.05, 3.63) is 12.7 Å². The third-order valence-corrected chi connectivity index (χ3v) is 5.32. The van der Waals surface area contributed by atoms with Gasteiger partial charge in [-0.1, -0.05) is 0 Å². The Bertz CT molecular complexity index is 810. The van der Waals surface area contributed by atoms with E-state index in [0.717, 1.165) is 19.3 Å². The highest BCUT2D eigenvalue weighted by atomic mass is 32.5. The monoisotopic (exact) mass is 357 g/mol. The number of hydrogen-bond donors (Lipinski definition) is 3. The van der Waals surface area contributed by atoms with Gasteiger partial charge in [-0.05, 0) is 31.1 Å². The number of aromatic nitrogens is 4. The zero-order valence-corrected chi connectivity index (χ0v) is 13.8. The third-order valence-electron chi connectivity index (χ3n) is 4.54. The van der Waals surface area contributed by atoms with Crippen LogP contribution in [0.4, 0.5) is 5.82 Å². The number of rotatable bonds is 4. The van der Waals surface area contributed by atoms with E-state index in [1.54, 1.807) is 6.33 Å². The van der Waals surface area contributed by atoms with E-state index >= 15 is 0 Å². The summed E-state index contributed by atoms with van der Waals surface area (Å²) in [6, 6.07) is 0. The van der Waals surface area contributed by atoms with E-state index in [1.807, 2.05) is 4.57 Å². The molecule has 2 aliphatic rings. The van der Waals surface area contributed by atoms with E-state index in [1.165, 1.54) is 6.33 Å². The van der Waals surface area contributed by atoms with Gasteiger partial charge in [0.15, 0.2) is 11.5 Å². The average molecular weight is 357 g/mol. The van der Waals surface area contributed by atoms with Gasteiger partial charge in [0.05, 0.1) is 18.5 Å². The molecule has 9 nitrogen and oxygen atoms in total. The van der Waals surface area contributed by atoms with Gasteiger partial charge in [0.25, 0.3) is 0 Å². The number of anilines is 1. The summed E-state index contributed by atoms with van der Waals surface area (Å²) in [5, 5.41) is 0. The molecule has 2 aromatic heterocycles. The van der Waals surface area contributed by atoms with Gasteiger partial charge in [0, 0.05) is 5.92 Å². The van der Waals surface area contributed by atoms with Crippen molar-refractivity contribution in [1.29, 1.82) is 0 Å². The summed E-state index contributed by atoms with van der Waals surface area (Å²) in [5.74, 6) is 0.610. The maximum Gasteiger partial charge on any atom is 0.321 e. The Labute approximate surface area is 136 Å². The molecule has 0 unspecified atom stereocenters. The first-order chi connectivity index (χ1) is 10.9. The van der Waals surface area contributed by atoms with E-state index in [0.29, 0.717) is 17.0 Å². The fourth-order valence-electron chi connectivity index (χ4n) is 3.54. The lowest BCUT2D eigenvalue weighted by atomic mass is 10.0. The lowest BCUT2D eigenvalue weighted by Gasteiger charge is -2.31. The second-order valence-electron chi connectivity index (χ2n) is 6.04. The highest BCUT2D eigenvalue weighted by Gasteiger charge is 2.53. The molecule has 3 atom stereocenters. The Morgan fingerprint density at radius 3 is 3.09 bits per heavy atom. The Hall–Kier alpha value is -1.16. The fourth-order valence-corrected chi connectivity index (χ4v) is 4.10. The summed E-state index contributed by atoms with van der Waals surface area (Å²) in [4.78, 5) is 31.0. The van der Waals surface area contributed by atoms with Crippen LogP contribution in [0, 0.1) is 5.92 Å². The van der Waals surface area contributed by atoms with Crippen molar-refractivity contribution in [2.45, 2.75) is 31.1 Å². The Morgan fingerprint density at radius 2 is 2.30 bits per heavy atom. The van der Waals surface area contributed by atoms with Crippen molar-refractivity contribution in [3.63, 3.8) is 0 Å². The maximum absolute atomic E-state index is 9.28. The van der Waals surface area contributed by atoms with Gasteiger partial charge in [-0.15, -0.1) is 0 Å². The smallest absolute Gasteiger partial charge is 0.321 e. The Balaban J connectivity index is 1.62. The summed E-state index contributed by atoms with van der Waals surface area (Å²) in [5.41, 5.74) is 6.45. The standard InChI is InChI=1S/C12H16N5O4PS/c13-9-8-10(15-5-14-9)17(6-16-8)11-7-1-2-12(3-7,21-11)4-20-22(18,19)23/h5-7,11H,1-4H2,(H2,13,14,15)(H2,18,19,23)/t7-,11-,12-/m1/s1. The highest BCUT2D eigenvalue weighted by molar-refractivity contribution is 8.06. The van der Waals surface area contributed by atoms with Crippen LogP contribution < -0.4 is 5.73 Å². The van der Waals surface area contributed by atoms with Crippen LogP contribution >= 0.6 is 6.72 Å². The predicted molar refractivity (Wildman–Crippen MR) is 84.6 cm³/mol. The molecule has 124 valence electrons. The first-order valence-corrected chi connectivity index (χ1v) is 9.80. The van der Waals surface area contributed by atoms with E-state index < -0.39 is 12.3 Å². The fraction of sp³-hybridized carbons (Fsp3) is 0.583. The van der Waals surface area contributed by atoms with Crippen LogP contribution in [0.3, 0.4) is 0 Å². The quantitative estimate of drug-likeness (QED) is 0.677. The van der Waals surface area contributed by atoms with Gasteiger partial charge in [0.2, 0.25) is 0 Å². The van der Waals surface area contributed by atoms with Gasteiger partial charge in [0.1, 0.15) is 18.1 Å². The van der Waals surface area contributed by atoms with Crippen molar-refractivity contribution in [3.8, 4) is 0 Å². The largest absolute Gasteiger partial charge is 0.382 e. The minimum Gasteiger partial charge on any atom is -0.382 e. The molecule has 2 bridgehead atoms. The van der Waals surface area contributed by atoms with Gasteiger partial charge in [-0.25, -0.2) is 15.0 Å². The number of nitrogen functional groups attached to an aromatic ring is 1. The zero-order chi connectivity index (χ0) is 16.2. The van der Waals surface area contributed by atoms with Crippen molar-refractivity contribution in [2.75, 3.05) is 12.3 Å². The molecule has 0 amide bonds. The van der Waals surface area contributed by atoms with Gasteiger partial charge in [-0.3, -0.25) is 4.57 Å². The predicted octanol–water partition coefficient (Wildman–Crippen LogP) is 0.702. The summed E-state index contributed by atoms with van der Waals surface area (Å²) in [6.45, 7) is -3.61. The molecule has 0 aromatic carbocycles. The lowest BCUT2D eigenvalue weighted by molar-refractivity contribution is -0.120. The van der Waals surface area contributed by atoms with Crippen molar-refractivity contribution < 1.29 is 19.0 Å². The Kier molecular flexibility index (Phi) is 3.45. The van der Waals surface area contributed by atoms with Gasteiger partial charge >= 0.3 is 6.72 Å². The first kappa shape index (κ1) is 15.4. The summed E-state index contributed by atoms with van der Waals surface area (Å²) in [6.07, 6.45) is 5.34. The molecule has 1 saturated heterocycles. The molecule has 1 saturated carbocycles. The number of nitrogens with zero attached hydrogens (tertiary/aromatic N) is 4. The first-order valence-electron chi connectivity index (χ1n) is 7.18. The molecule has 2 fully saturated rings. The van der Waals surface area contributed by atoms with E-state index in [9.17, 15) is 9.79 Å². The third kappa shape index (κ3) is 2.65. The number of fused-ring (bicyclic) bond motifs is 3. The minimum absolute atomic E-state index is 0.0774. The van der Waals surface area contributed by atoms with E-state index in [-0.39, 0.29) is 18.8 Å². The summed E-state index contributed by atoms with van der Waals surface area (Å²) < 4.78 is 13.1. The van der Waals surface area contributed by atoms with E-state index in [4.69, 9.17) is 15.0 Å². The molecular weight excluding hydrogens is 341 g/mol. The summed E-state index contributed by atoms with van der Waals surface area (Å²) >= 11 is 4.52. The summed E-state index contributed by atoms with van der Waals surface area (Å²) in [7, 11) is 0. The normalized spacial score (nSPS) is 30.3. The molecule has 1 aliphatic heterocycles. The van der Waals surface area contributed by atoms with Crippen molar-refractivity contribution in [1.82, 2.24) is 19.5 Å². The molecule has 0 spiro atoms. The SMILES string of the molecule is Nc1ncnc2c1ncn2[C@@H]1O[C@]2(COP(O)(O)=S)CC[C@@H]1C2. The average Bonchev–Trinajstić information content (AvgIpc) is 3.17. The topological polar surface area (TPSA) is 129 Å². The van der Waals surface area contributed by atoms with Crippen LogP contribution in [0.15, 0.2) is 12.7 Å². The maximum atomic E-state index is 9.28. The van der Waals surface area contributed by atoms with Crippen molar-refractivity contribution in [2.24, 2.45) is 5.92 Å². The van der Waals surface area contributed by atoms with Gasteiger partial charge < -0.3 is 24.8 Å². The molecule has 23 heavy (non-hydrogen) atoms. The molecule has 11 heteroatoms. The molecule has 4 rings (SSSR count). The van der Waals surface area contributed by atoms with Crippen LogP contribution in [0.2, 0.25) is 0 Å². The molecule has 0 radical (unpaired) electrons. The van der Waals surface area contributed by atoms with Crippen LogP contribution in [-0.2, 0) is 21.1 Å².